The molecule has 0 spiro atoms. The van der Waals surface area contributed by atoms with Crippen LogP contribution in [0.25, 0.3) is 12.2 Å². The van der Waals surface area contributed by atoms with Gasteiger partial charge in [0.25, 0.3) is 0 Å². The predicted octanol–water partition coefficient (Wildman–Crippen LogP) is 4.13. The zero-order valence-corrected chi connectivity index (χ0v) is 16.0. The van der Waals surface area contributed by atoms with Crippen LogP contribution in [0, 0.1) is 5.82 Å². The lowest BCUT2D eigenvalue weighted by Crippen LogP contribution is -2.21. The molecule has 0 unspecified atom stereocenters. The Hall–Kier alpha value is -3.29. The summed E-state index contributed by atoms with van der Waals surface area (Å²) in [6.07, 6.45) is 8.26. The fourth-order valence-electron chi connectivity index (χ4n) is 3.47. The molecule has 1 saturated heterocycles. The smallest absolute Gasteiger partial charge is 0.233 e. The van der Waals surface area contributed by atoms with Crippen molar-refractivity contribution in [2.24, 2.45) is 0 Å². The van der Waals surface area contributed by atoms with Gasteiger partial charge in [0.15, 0.2) is 11.6 Å². The molecule has 1 aliphatic heterocycles. The third kappa shape index (κ3) is 4.26. The SMILES string of the molecule is Fc1cccc(/C=C/c2nc(Nc3cc(C4CC4)[nH]n3)nc(N3CCCC3)n2)c1. The zero-order valence-electron chi connectivity index (χ0n) is 16.0. The molecule has 0 amide bonds. The molecule has 0 radical (unpaired) electrons. The summed E-state index contributed by atoms with van der Waals surface area (Å²) in [6.45, 7) is 1.87. The quantitative estimate of drug-likeness (QED) is 0.658. The first-order valence-electron chi connectivity index (χ1n) is 10.00. The second kappa shape index (κ2) is 7.62. The van der Waals surface area contributed by atoms with Crippen LogP contribution in [-0.4, -0.2) is 38.2 Å². The van der Waals surface area contributed by atoms with Gasteiger partial charge in [-0.1, -0.05) is 18.2 Å². The van der Waals surface area contributed by atoms with Gasteiger partial charge in [-0.25, -0.2) is 4.39 Å². The highest BCUT2D eigenvalue weighted by molar-refractivity contribution is 5.67. The number of hydrogen-bond acceptors (Lipinski definition) is 6. The molecule has 1 aromatic carbocycles. The van der Waals surface area contributed by atoms with E-state index in [1.54, 1.807) is 18.2 Å². The van der Waals surface area contributed by atoms with Gasteiger partial charge in [0, 0.05) is 30.8 Å². The third-order valence-corrected chi connectivity index (χ3v) is 5.16. The summed E-state index contributed by atoms with van der Waals surface area (Å²) in [5.74, 6) is 2.65. The summed E-state index contributed by atoms with van der Waals surface area (Å²) in [7, 11) is 0. The summed E-state index contributed by atoms with van der Waals surface area (Å²) in [4.78, 5) is 15.9. The molecular weight excluding hydrogens is 369 g/mol. The number of hydrogen-bond donors (Lipinski definition) is 2. The average molecular weight is 391 g/mol. The molecule has 2 fully saturated rings. The number of H-pyrrole nitrogens is 1. The number of benzene rings is 1. The molecular formula is C21H22FN7. The van der Waals surface area contributed by atoms with E-state index in [0.29, 0.717) is 29.5 Å². The first-order chi connectivity index (χ1) is 14.2. The lowest BCUT2D eigenvalue weighted by molar-refractivity contribution is 0.627. The van der Waals surface area contributed by atoms with E-state index in [1.807, 2.05) is 12.1 Å². The van der Waals surface area contributed by atoms with Crippen LogP contribution in [0.2, 0.25) is 0 Å². The average Bonchev–Trinajstić information content (AvgIpc) is 3.22. The molecule has 8 heteroatoms. The normalized spacial score (nSPS) is 16.7. The van der Waals surface area contributed by atoms with E-state index in [1.165, 1.54) is 25.0 Å². The Morgan fingerprint density at radius 3 is 2.72 bits per heavy atom. The summed E-state index contributed by atoms with van der Waals surface area (Å²) in [5, 5.41) is 10.6. The van der Waals surface area contributed by atoms with E-state index in [4.69, 9.17) is 0 Å². The van der Waals surface area contributed by atoms with Gasteiger partial charge in [-0.05, 0) is 49.5 Å². The Kier molecular flexibility index (Phi) is 4.67. The maximum absolute atomic E-state index is 13.4. The van der Waals surface area contributed by atoms with Crippen molar-refractivity contribution in [2.75, 3.05) is 23.3 Å². The Labute approximate surface area is 168 Å². The summed E-state index contributed by atoms with van der Waals surface area (Å²) in [5.41, 5.74) is 1.90. The minimum absolute atomic E-state index is 0.270. The van der Waals surface area contributed by atoms with Gasteiger partial charge < -0.3 is 10.2 Å². The van der Waals surface area contributed by atoms with Crippen molar-refractivity contribution < 1.29 is 4.39 Å². The van der Waals surface area contributed by atoms with Gasteiger partial charge in [0.05, 0.1) is 0 Å². The fourth-order valence-corrected chi connectivity index (χ4v) is 3.47. The first-order valence-corrected chi connectivity index (χ1v) is 10.00. The second-order valence-electron chi connectivity index (χ2n) is 7.51. The highest BCUT2D eigenvalue weighted by Crippen LogP contribution is 2.39. The monoisotopic (exact) mass is 391 g/mol. The molecule has 148 valence electrons. The summed E-state index contributed by atoms with van der Waals surface area (Å²) >= 11 is 0. The van der Waals surface area contributed by atoms with E-state index in [2.05, 4.69) is 35.4 Å². The number of nitrogens with zero attached hydrogens (tertiary/aromatic N) is 5. The van der Waals surface area contributed by atoms with Gasteiger partial charge in [0.1, 0.15) is 5.82 Å². The Balaban J connectivity index is 1.42. The molecule has 3 heterocycles. The fraction of sp³-hybridized carbons (Fsp3) is 0.333. The maximum atomic E-state index is 13.4. The Morgan fingerprint density at radius 2 is 1.93 bits per heavy atom. The molecule has 7 nitrogen and oxygen atoms in total. The molecule has 5 rings (SSSR count). The number of halogens is 1. The lowest BCUT2D eigenvalue weighted by Gasteiger charge is -2.16. The van der Waals surface area contributed by atoms with E-state index < -0.39 is 0 Å². The maximum Gasteiger partial charge on any atom is 0.233 e. The first kappa shape index (κ1) is 17.8. The standard InChI is InChI=1S/C21H22FN7/c22-16-5-3-4-14(12-16)6-9-18-23-20(26-21(25-18)29-10-1-2-11-29)24-19-13-17(27-28-19)15-7-8-15/h3-6,9,12-13,15H,1-2,7-8,10-11H2,(H2,23,24,25,26,27,28)/b9-6+. The largest absolute Gasteiger partial charge is 0.341 e. The lowest BCUT2D eigenvalue weighted by atomic mass is 10.2. The molecule has 29 heavy (non-hydrogen) atoms. The van der Waals surface area contributed by atoms with Gasteiger partial charge in [0.2, 0.25) is 11.9 Å². The van der Waals surface area contributed by atoms with Crippen LogP contribution in [0.4, 0.5) is 22.1 Å². The van der Waals surface area contributed by atoms with Crippen molar-refractivity contribution in [1.82, 2.24) is 25.1 Å². The van der Waals surface area contributed by atoms with E-state index >= 15 is 0 Å². The molecule has 1 saturated carbocycles. The molecule has 0 bridgehead atoms. The van der Waals surface area contributed by atoms with E-state index in [9.17, 15) is 4.39 Å². The van der Waals surface area contributed by atoms with Crippen molar-refractivity contribution in [3.8, 4) is 0 Å². The third-order valence-electron chi connectivity index (χ3n) is 5.16. The number of anilines is 3. The Morgan fingerprint density at radius 1 is 1.07 bits per heavy atom. The van der Waals surface area contributed by atoms with E-state index in [-0.39, 0.29) is 5.82 Å². The summed E-state index contributed by atoms with van der Waals surface area (Å²) < 4.78 is 13.4. The van der Waals surface area contributed by atoms with Crippen LogP contribution in [0.15, 0.2) is 30.3 Å². The zero-order chi connectivity index (χ0) is 19.6. The molecule has 1 aliphatic carbocycles. The number of aromatic nitrogens is 5. The van der Waals surface area contributed by atoms with Crippen molar-refractivity contribution in [3.05, 3.63) is 53.2 Å². The van der Waals surface area contributed by atoms with Crippen LogP contribution in [0.5, 0.6) is 0 Å². The molecule has 2 aromatic heterocycles. The predicted molar refractivity (Wildman–Crippen MR) is 110 cm³/mol. The van der Waals surface area contributed by atoms with Crippen LogP contribution in [0.1, 0.15) is 48.7 Å². The minimum Gasteiger partial charge on any atom is -0.341 e. The minimum atomic E-state index is -0.270. The highest BCUT2D eigenvalue weighted by atomic mass is 19.1. The van der Waals surface area contributed by atoms with Gasteiger partial charge in [-0.15, -0.1) is 0 Å². The topological polar surface area (TPSA) is 82.6 Å². The Bertz CT molecular complexity index is 1040. The van der Waals surface area contributed by atoms with Crippen molar-refractivity contribution in [2.45, 2.75) is 31.6 Å². The molecule has 2 N–H and O–H groups in total. The van der Waals surface area contributed by atoms with Gasteiger partial charge in [-0.2, -0.15) is 20.1 Å². The van der Waals surface area contributed by atoms with Gasteiger partial charge in [-0.3, -0.25) is 5.10 Å². The number of aromatic amines is 1. The van der Waals surface area contributed by atoms with Crippen molar-refractivity contribution in [3.63, 3.8) is 0 Å². The van der Waals surface area contributed by atoms with Crippen LogP contribution in [0.3, 0.4) is 0 Å². The molecule has 0 atom stereocenters. The van der Waals surface area contributed by atoms with E-state index in [0.717, 1.165) is 37.2 Å². The van der Waals surface area contributed by atoms with Crippen molar-refractivity contribution in [1.29, 1.82) is 0 Å². The van der Waals surface area contributed by atoms with Crippen molar-refractivity contribution >= 4 is 29.9 Å². The number of nitrogens with one attached hydrogen (secondary N) is 2. The van der Waals surface area contributed by atoms with Crippen LogP contribution >= 0.6 is 0 Å². The van der Waals surface area contributed by atoms with Crippen LogP contribution in [-0.2, 0) is 0 Å². The molecule has 3 aromatic rings. The molecule has 2 aliphatic rings. The summed E-state index contributed by atoms with van der Waals surface area (Å²) in [6, 6.07) is 8.43. The second-order valence-corrected chi connectivity index (χ2v) is 7.51. The number of rotatable bonds is 6. The van der Waals surface area contributed by atoms with Crippen LogP contribution < -0.4 is 10.2 Å². The highest BCUT2D eigenvalue weighted by Gasteiger charge is 2.25. The van der Waals surface area contributed by atoms with Gasteiger partial charge >= 0.3 is 0 Å².